The lowest BCUT2D eigenvalue weighted by Gasteiger charge is -2.07. The highest BCUT2D eigenvalue weighted by atomic mass is 32.1. The molecule has 23 heavy (non-hydrogen) atoms. The number of carboxylic acid groups (broad SMARTS) is 1. The minimum Gasteiger partial charge on any atom is -0.481 e. The summed E-state index contributed by atoms with van der Waals surface area (Å²) in [5, 5.41) is 15.7. The summed E-state index contributed by atoms with van der Waals surface area (Å²) >= 11 is 1.37. The molecule has 2 amide bonds. The summed E-state index contributed by atoms with van der Waals surface area (Å²) in [5.74, 6) is -1.50. The maximum absolute atomic E-state index is 12.1. The van der Waals surface area contributed by atoms with Crippen molar-refractivity contribution in [1.82, 2.24) is 5.32 Å². The molecule has 0 radical (unpaired) electrons. The molecule has 2 aromatic rings. The Balaban J connectivity index is 1.94. The van der Waals surface area contributed by atoms with Gasteiger partial charge in [0.05, 0.1) is 11.3 Å². The zero-order valence-electron chi connectivity index (χ0n) is 12.5. The number of aliphatic carboxylic acids is 1. The van der Waals surface area contributed by atoms with Gasteiger partial charge in [0.15, 0.2) is 0 Å². The van der Waals surface area contributed by atoms with Gasteiger partial charge in [0.1, 0.15) is 0 Å². The Morgan fingerprint density at radius 2 is 1.78 bits per heavy atom. The lowest BCUT2D eigenvalue weighted by atomic mass is 10.2. The van der Waals surface area contributed by atoms with Crippen LogP contribution in [0.3, 0.4) is 0 Å². The lowest BCUT2D eigenvalue weighted by Crippen LogP contribution is -2.25. The summed E-state index contributed by atoms with van der Waals surface area (Å²) in [5.41, 5.74) is 1.91. The highest BCUT2D eigenvalue weighted by molar-refractivity contribution is 7.12. The predicted molar refractivity (Wildman–Crippen MR) is 88.0 cm³/mol. The average molecular weight is 332 g/mol. The van der Waals surface area contributed by atoms with E-state index >= 15 is 0 Å². The van der Waals surface area contributed by atoms with Crippen molar-refractivity contribution in [1.29, 1.82) is 0 Å². The Labute approximate surface area is 137 Å². The second kappa shape index (κ2) is 7.55. The van der Waals surface area contributed by atoms with E-state index in [1.807, 2.05) is 18.4 Å². The molecular weight excluding hydrogens is 316 g/mol. The Morgan fingerprint density at radius 3 is 2.35 bits per heavy atom. The molecule has 0 aliphatic rings. The summed E-state index contributed by atoms with van der Waals surface area (Å²) in [6.07, 6.45) is -0.125. The number of hydrogen-bond donors (Lipinski definition) is 3. The van der Waals surface area contributed by atoms with Gasteiger partial charge in [-0.15, -0.1) is 11.3 Å². The molecule has 120 valence electrons. The van der Waals surface area contributed by atoms with Gasteiger partial charge >= 0.3 is 5.97 Å². The van der Waals surface area contributed by atoms with Gasteiger partial charge in [0, 0.05) is 17.8 Å². The second-order valence-corrected chi connectivity index (χ2v) is 5.78. The molecule has 1 aromatic heterocycles. The molecule has 2 rings (SSSR count). The van der Waals surface area contributed by atoms with Gasteiger partial charge in [-0.1, -0.05) is 0 Å². The SMILES string of the molecule is Cc1ccsc1C(=O)Nc1ccc(C(=O)NCCC(=O)O)cc1. The molecule has 0 unspecified atom stereocenters. The first-order valence-electron chi connectivity index (χ1n) is 6.93. The first-order chi connectivity index (χ1) is 11.0. The quantitative estimate of drug-likeness (QED) is 0.757. The number of carbonyl (C=O) groups is 3. The molecule has 3 N–H and O–H groups in total. The average Bonchev–Trinajstić information content (AvgIpc) is 2.93. The van der Waals surface area contributed by atoms with Crippen molar-refractivity contribution in [2.45, 2.75) is 13.3 Å². The lowest BCUT2D eigenvalue weighted by molar-refractivity contribution is -0.136. The van der Waals surface area contributed by atoms with Crippen LogP contribution in [0.4, 0.5) is 5.69 Å². The molecule has 0 saturated carbocycles. The first-order valence-corrected chi connectivity index (χ1v) is 7.81. The number of rotatable bonds is 6. The van der Waals surface area contributed by atoms with Gasteiger partial charge in [-0.05, 0) is 48.2 Å². The molecule has 0 aliphatic heterocycles. The van der Waals surface area contributed by atoms with Gasteiger partial charge in [0.25, 0.3) is 11.8 Å². The maximum Gasteiger partial charge on any atom is 0.305 e. The van der Waals surface area contributed by atoms with E-state index in [1.54, 1.807) is 24.3 Å². The van der Waals surface area contributed by atoms with Crippen LogP contribution in [0.1, 0.15) is 32.0 Å². The van der Waals surface area contributed by atoms with Gasteiger partial charge in [-0.25, -0.2) is 0 Å². The van der Waals surface area contributed by atoms with Crippen LogP contribution in [0.5, 0.6) is 0 Å². The second-order valence-electron chi connectivity index (χ2n) is 4.86. The molecule has 0 spiro atoms. The molecule has 0 saturated heterocycles. The summed E-state index contributed by atoms with van der Waals surface area (Å²) < 4.78 is 0. The van der Waals surface area contributed by atoms with Gasteiger partial charge in [0.2, 0.25) is 0 Å². The summed E-state index contributed by atoms with van der Waals surface area (Å²) in [4.78, 5) is 34.9. The minimum atomic E-state index is -0.966. The van der Waals surface area contributed by atoms with Crippen molar-refractivity contribution in [2.75, 3.05) is 11.9 Å². The Kier molecular flexibility index (Phi) is 5.48. The minimum absolute atomic E-state index is 0.0737. The van der Waals surface area contributed by atoms with Crippen molar-refractivity contribution in [2.24, 2.45) is 0 Å². The molecule has 0 aliphatic carbocycles. The number of nitrogens with one attached hydrogen (secondary N) is 2. The van der Waals surface area contributed by atoms with Crippen LogP contribution in [0, 0.1) is 6.92 Å². The van der Waals surface area contributed by atoms with Crippen LogP contribution in [0.15, 0.2) is 35.7 Å². The highest BCUT2D eigenvalue weighted by Crippen LogP contribution is 2.18. The standard InChI is InChI=1S/C16H16N2O4S/c1-10-7-9-23-14(10)16(22)18-12-4-2-11(3-5-12)15(21)17-8-6-13(19)20/h2-5,7,9H,6,8H2,1H3,(H,17,21)(H,18,22)(H,19,20). The number of hydrogen-bond acceptors (Lipinski definition) is 4. The van der Waals surface area contributed by atoms with E-state index in [-0.39, 0.29) is 24.8 Å². The van der Waals surface area contributed by atoms with Crippen LogP contribution in [-0.4, -0.2) is 29.4 Å². The zero-order chi connectivity index (χ0) is 16.8. The Hall–Kier alpha value is -2.67. The van der Waals surface area contributed by atoms with Gasteiger partial charge in [-0.3, -0.25) is 14.4 Å². The predicted octanol–water partition coefficient (Wildman–Crippen LogP) is 2.51. The highest BCUT2D eigenvalue weighted by Gasteiger charge is 2.11. The van der Waals surface area contributed by atoms with E-state index in [0.29, 0.717) is 16.1 Å². The fraction of sp³-hybridized carbons (Fsp3) is 0.188. The van der Waals surface area contributed by atoms with Crippen LogP contribution in [0.25, 0.3) is 0 Å². The fourth-order valence-electron chi connectivity index (χ4n) is 1.88. The van der Waals surface area contributed by atoms with Crippen LogP contribution < -0.4 is 10.6 Å². The number of anilines is 1. The largest absolute Gasteiger partial charge is 0.481 e. The van der Waals surface area contributed by atoms with E-state index in [2.05, 4.69) is 10.6 Å². The summed E-state index contributed by atoms with van der Waals surface area (Å²) in [6, 6.07) is 8.30. The Bertz CT molecular complexity index is 722. The number of thiophene rings is 1. The zero-order valence-corrected chi connectivity index (χ0v) is 13.3. The van der Waals surface area contributed by atoms with E-state index in [9.17, 15) is 14.4 Å². The maximum atomic E-state index is 12.1. The first kappa shape index (κ1) is 16.7. The van der Waals surface area contributed by atoms with Crippen molar-refractivity contribution >= 4 is 34.8 Å². The van der Waals surface area contributed by atoms with Crippen LogP contribution in [0.2, 0.25) is 0 Å². The number of benzene rings is 1. The van der Waals surface area contributed by atoms with Crippen LogP contribution in [-0.2, 0) is 4.79 Å². The number of aryl methyl sites for hydroxylation is 1. The van der Waals surface area contributed by atoms with E-state index < -0.39 is 5.97 Å². The van der Waals surface area contributed by atoms with Gasteiger partial charge < -0.3 is 15.7 Å². The van der Waals surface area contributed by atoms with E-state index in [0.717, 1.165) is 5.56 Å². The molecule has 6 nitrogen and oxygen atoms in total. The molecular formula is C16H16N2O4S. The smallest absolute Gasteiger partial charge is 0.305 e. The summed E-state index contributed by atoms with van der Waals surface area (Å²) in [7, 11) is 0. The fourth-order valence-corrected chi connectivity index (χ4v) is 2.70. The van der Waals surface area contributed by atoms with Crippen LogP contribution >= 0.6 is 11.3 Å². The van der Waals surface area contributed by atoms with Crippen molar-refractivity contribution in [3.63, 3.8) is 0 Å². The molecule has 1 heterocycles. The summed E-state index contributed by atoms with van der Waals surface area (Å²) in [6.45, 7) is 1.94. The third-order valence-electron chi connectivity index (χ3n) is 3.10. The van der Waals surface area contributed by atoms with Gasteiger partial charge in [-0.2, -0.15) is 0 Å². The third kappa shape index (κ3) is 4.65. The Morgan fingerprint density at radius 1 is 1.09 bits per heavy atom. The van der Waals surface area contributed by atoms with Crippen molar-refractivity contribution in [3.05, 3.63) is 51.7 Å². The third-order valence-corrected chi connectivity index (χ3v) is 4.11. The van der Waals surface area contributed by atoms with Crippen molar-refractivity contribution < 1.29 is 19.5 Å². The normalized spacial score (nSPS) is 10.1. The molecule has 7 heteroatoms. The monoisotopic (exact) mass is 332 g/mol. The van der Waals surface area contributed by atoms with E-state index in [1.165, 1.54) is 11.3 Å². The molecule has 0 bridgehead atoms. The molecule has 1 aromatic carbocycles. The topological polar surface area (TPSA) is 95.5 Å². The number of carboxylic acids is 1. The molecule has 0 atom stereocenters. The van der Waals surface area contributed by atoms with Crippen molar-refractivity contribution in [3.8, 4) is 0 Å². The number of amides is 2. The number of carbonyl (C=O) groups excluding carboxylic acids is 2. The molecule has 0 fully saturated rings. The van der Waals surface area contributed by atoms with E-state index in [4.69, 9.17) is 5.11 Å².